The molecule has 1 aromatic carbocycles. The fourth-order valence-electron chi connectivity index (χ4n) is 2.82. The van der Waals surface area contributed by atoms with Gasteiger partial charge in [0.25, 0.3) is 0 Å². The van der Waals surface area contributed by atoms with Crippen LogP contribution >= 0.6 is 11.8 Å². The van der Waals surface area contributed by atoms with Crippen molar-refractivity contribution in [1.29, 1.82) is 0 Å². The third-order valence-electron chi connectivity index (χ3n) is 3.84. The summed E-state index contributed by atoms with van der Waals surface area (Å²) in [7, 11) is 0. The van der Waals surface area contributed by atoms with E-state index in [4.69, 9.17) is 0 Å². The lowest BCUT2D eigenvalue weighted by Gasteiger charge is -2.08. The number of rotatable bonds is 3. The van der Waals surface area contributed by atoms with Crippen LogP contribution in [0.25, 0.3) is 22.1 Å². The summed E-state index contributed by atoms with van der Waals surface area (Å²) >= 11 is 1.69. The molecule has 22 heavy (non-hydrogen) atoms. The van der Waals surface area contributed by atoms with Crippen molar-refractivity contribution in [3.05, 3.63) is 58.8 Å². The highest BCUT2D eigenvalue weighted by Crippen LogP contribution is 2.24. The smallest absolute Gasteiger partial charge is 0.326 e. The van der Waals surface area contributed by atoms with Crippen LogP contribution in [-0.2, 0) is 6.54 Å². The second kappa shape index (κ2) is 5.06. The molecule has 0 amide bonds. The molecule has 110 valence electrons. The number of aromatic amines is 2. The minimum Gasteiger partial charge on any atom is -0.346 e. The molecule has 6 heteroatoms. The number of H-pyrrole nitrogens is 2. The molecule has 0 aliphatic carbocycles. The summed E-state index contributed by atoms with van der Waals surface area (Å²) in [6.07, 6.45) is 5.59. The maximum atomic E-state index is 12.4. The van der Waals surface area contributed by atoms with Gasteiger partial charge in [0.1, 0.15) is 5.65 Å². The minimum absolute atomic E-state index is 0.110. The van der Waals surface area contributed by atoms with Gasteiger partial charge in [-0.3, -0.25) is 4.57 Å². The lowest BCUT2D eigenvalue weighted by Crippen LogP contribution is -2.17. The van der Waals surface area contributed by atoms with Gasteiger partial charge in [-0.25, -0.2) is 9.78 Å². The Morgan fingerprint density at radius 3 is 3.00 bits per heavy atom. The number of hydrogen-bond donors (Lipinski definition) is 2. The van der Waals surface area contributed by atoms with Gasteiger partial charge < -0.3 is 9.97 Å². The molecule has 3 heterocycles. The van der Waals surface area contributed by atoms with Crippen molar-refractivity contribution in [3.63, 3.8) is 0 Å². The van der Waals surface area contributed by atoms with Crippen molar-refractivity contribution in [3.8, 4) is 0 Å². The first-order chi connectivity index (χ1) is 10.8. The molecule has 0 fully saturated rings. The predicted molar refractivity (Wildman–Crippen MR) is 89.5 cm³/mol. The molecule has 0 unspecified atom stereocenters. The molecule has 0 saturated carbocycles. The third-order valence-corrected chi connectivity index (χ3v) is 4.67. The third kappa shape index (κ3) is 1.95. The fourth-order valence-corrected chi connectivity index (χ4v) is 3.42. The van der Waals surface area contributed by atoms with Crippen LogP contribution in [0.5, 0.6) is 0 Å². The van der Waals surface area contributed by atoms with Crippen molar-refractivity contribution in [2.75, 3.05) is 6.26 Å². The van der Waals surface area contributed by atoms with Gasteiger partial charge in [0, 0.05) is 16.5 Å². The largest absolute Gasteiger partial charge is 0.346 e. The quantitative estimate of drug-likeness (QED) is 0.572. The average molecular weight is 310 g/mol. The van der Waals surface area contributed by atoms with E-state index in [2.05, 4.69) is 27.1 Å². The van der Waals surface area contributed by atoms with Gasteiger partial charge >= 0.3 is 5.69 Å². The number of aromatic nitrogens is 4. The summed E-state index contributed by atoms with van der Waals surface area (Å²) in [6.45, 7) is 0.542. The van der Waals surface area contributed by atoms with Crippen molar-refractivity contribution >= 4 is 33.8 Å². The Bertz CT molecular complexity index is 1030. The Kier molecular flexibility index (Phi) is 3.04. The van der Waals surface area contributed by atoms with E-state index in [1.807, 2.05) is 30.7 Å². The Labute approximate surface area is 130 Å². The molecule has 5 nitrogen and oxygen atoms in total. The molecule has 0 spiro atoms. The SMILES string of the molecule is CSc1ccccc1Cn1c(=O)[nH]c2cnc3[nH]ccc3c21. The Hall–Kier alpha value is -2.47. The normalized spacial score (nSPS) is 11.5. The highest BCUT2D eigenvalue weighted by atomic mass is 32.2. The number of fused-ring (bicyclic) bond motifs is 3. The van der Waals surface area contributed by atoms with Gasteiger partial charge in [-0.1, -0.05) is 18.2 Å². The molecular weight excluding hydrogens is 296 g/mol. The number of hydrogen-bond acceptors (Lipinski definition) is 3. The highest BCUT2D eigenvalue weighted by Gasteiger charge is 2.13. The molecule has 2 N–H and O–H groups in total. The standard InChI is InChI=1S/C16H14N4OS/c1-22-13-5-3-2-4-10(13)9-20-14-11-6-7-17-15(11)18-8-12(14)19-16(20)21/h2-8H,9H2,1H3,(H,17,18)(H,19,21). The van der Waals surface area contributed by atoms with E-state index in [0.29, 0.717) is 6.54 Å². The maximum absolute atomic E-state index is 12.4. The van der Waals surface area contributed by atoms with Crippen LogP contribution in [0.2, 0.25) is 0 Å². The van der Waals surface area contributed by atoms with Crippen LogP contribution in [0.1, 0.15) is 5.56 Å². The number of benzene rings is 1. The first kappa shape index (κ1) is 13.2. The van der Waals surface area contributed by atoms with E-state index in [1.54, 1.807) is 22.5 Å². The summed E-state index contributed by atoms with van der Waals surface area (Å²) in [5.41, 5.74) is 3.48. The zero-order valence-electron chi connectivity index (χ0n) is 12.0. The van der Waals surface area contributed by atoms with Gasteiger partial charge in [-0.05, 0) is 24.0 Å². The first-order valence-corrected chi connectivity index (χ1v) is 8.17. The topological polar surface area (TPSA) is 66.5 Å². The molecule has 0 saturated heterocycles. The Morgan fingerprint density at radius 1 is 1.27 bits per heavy atom. The van der Waals surface area contributed by atoms with Crippen LogP contribution in [0, 0.1) is 0 Å². The van der Waals surface area contributed by atoms with Crippen molar-refractivity contribution in [2.24, 2.45) is 0 Å². The first-order valence-electron chi connectivity index (χ1n) is 6.94. The van der Waals surface area contributed by atoms with Crippen LogP contribution in [-0.4, -0.2) is 25.8 Å². The molecule has 3 aromatic heterocycles. The van der Waals surface area contributed by atoms with E-state index >= 15 is 0 Å². The molecule has 0 aliphatic rings. The van der Waals surface area contributed by atoms with Crippen LogP contribution in [0.15, 0.2) is 52.4 Å². The average Bonchev–Trinajstić information content (AvgIpc) is 3.12. The number of thioether (sulfide) groups is 1. The lowest BCUT2D eigenvalue weighted by atomic mass is 10.2. The fraction of sp³-hybridized carbons (Fsp3) is 0.125. The zero-order chi connectivity index (χ0) is 15.1. The monoisotopic (exact) mass is 310 g/mol. The molecule has 4 rings (SSSR count). The van der Waals surface area contributed by atoms with Gasteiger partial charge in [0.2, 0.25) is 0 Å². The van der Waals surface area contributed by atoms with E-state index in [-0.39, 0.29) is 5.69 Å². The highest BCUT2D eigenvalue weighted by molar-refractivity contribution is 7.98. The Balaban J connectivity index is 1.96. The molecule has 0 radical (unpaired) electrons. The van der Waals surface area contributed by atoms with E-state index in [9.17, 15) is 4.79 Å². The Morgan fingerprint density at radius 2 is 2.14 bits per heavy atom. The number of nitrogens with one attached hydrogen (secondary N) is 2. The second-order valence-electron chi connectivity index (χ2n) is 5.09. The summed E-state index contributed by atoms with van der Waals surface area (Å²) < 4.78 is 1.78. The predicted octanol–water partition coefficient (Wildman–Crippen LogP) is 2.98. The number of nitrogens with zero attached hydrogens (tertiary/aromatic N) is 2. The summed E-state index contributed by atoms with van der Waals surface area (Å²) in [5.74, 6) is 0. The molecule has 0 aliphatic heterocycles. The summed E-state index contributed by atoms with van der Waals surface area (Å²) in [4.78, 5) is 23.9. The number of imidazole rings is 1. The summed E-state index contributed by atoms with van der Waals surface area (Å²) in [5, 5.41) is 0.956. The minimum atomic E-state index is -0.110. The van der Waals surface area contributed by atoms with Gasteiger partial charge in [0.15, 0.2) is 0 Å². The maximum Gasteiger partial charge on any atom is 0.326 e. The molecule has 0 bridgehead atoms. The van der Waals surface area contributed by atoms with Gasteiger partial charge in [-0.15, -0.1) is 11.8 Å². The van der Waals surface area contributed by atoms with Crippen LogP contribution in [0.4, 0.5) is 0 Å². The number of pyridine rings is 1. The van der Waals surface area contributed by atoms with E-state index in [0.717, 1.165) is 27.6 Å². The zero-order valence-corrected chi connectivity index (χ0v) is 12.8. The lowest BCUT2D eigenvalue weighted by molar-refractivity contribution is 0.777. The van der Waals surface area contributed by atoms with Crippen molar-refractivity contribution in [2.45, 2.75) is 11.4 Å². The molecular formula is C16H14N4OS. The van der Waals surface area contributed by atoms with E-state index < -0.39 is 0 Å². The van der Waals surface area contributed by atoms with Gasteiger partial charge in [0.05, 0.1) is 23.8 Å². The van der Waals surface area contributed by atoms with Crippen molar-refractivity contribution < 1.29 is 0 Å². The van der Waals surface area contributed by atoms with Crippen LogP contribution in [0.3, 0.4) is 0 Å². The second-order valence-corrected chi connectivity index (χ2v) is 5.94. The van der Waals surface area contributed by atoms with E-state index in [1.165, 1.54) is 4.90 Å². The van der Waals surface area contributed by atoms with Crippen molar-refractivity contribution in [1.82, 2.24) is 19.5 Å². The van der Waals surface area contributed by atoms with Crippen LogP contribution < -0.4 is 5.69 Å². The van der Waals surface area contributed by atoms with Gasteiger partial charge in [-0.2, -0.15) is 0 Å². The summed E-state index contributed by atoms with van der Waals surface area (Å²) in [6, 6.07) is 10.1. The molecule has 0 atom stereocenters. The molecule has 4 aromatic rings.